The average Bonchev–Trinajstić information content (AvgIpc) is 3.21. The number of aliphatic carboxylic acids is 1. The quantitative estimate of drug-likeness (QED) is 0.790. The van der Waals surface area contributed by atoms with E-state index < -0.39 is 12.0 Å². The first kappa shape index (κ1) is 16.1. The van der Waals surface area contributed by atoms with Gasteiger partial charge in [-0.3, -0.25) is 4.79 Å². The highest BCUT2D eigenvalue weighted by Crippen LogP contribution is 2.25. The van der Waals surface area contributed by atoms with Crippen molar-refractivity contribution in [1.29, 1.82) is 0 Å². The van der Waals surface area contributed by atoms with Gasteiger partial charge in [-0.2, -0.15) is 0 Å². The molecule has 1 N–H and O–H groups in total. The molecular weight excluding hydrogens is 330 g/mol. The highest BCUT2D eigenvalue weighted by Gasteiger charge is 2.34. The Labute approximate surface area is 150 Å². The third kappa shape index (κ3) is 2.86. The van der Waals surface area contributed by atoms with Crippen molar-refractivity contribution in [3.8, 4) is 5.69 Å². The molecule has 1 atom stereocenters. The van der Waals surface area contributed by atoms with E-state index in [9.17, 15) is 14.7 Å². The Morgan fingerprint density at radius 3 is 2.42 bits per heavy atom. The second-order valence-corrected chi connectivity index (χ2v) is 6.28. The molecule has 130 valence electrons. The lowest BCUT2D eigenvalue weighted by Crippen LogP contribution is -2.48. The third-order valence-electron chi connectivity index (χ3n) is 4.71. The molecule has 0 radical (unpaired) electrons. The Balaban J connectivity index is 1.63. The first-order valence-corrected chi connectivity index (χ1v) is 8.32. The molecule has 1 amide bonds. The lowest BCUT2D eigenvalue weighted by atomic mass is 9.93. The van der Waals surface area contributed by atoms with Crippen molar-refractivity contribution in [2.45, 2.75) is 19.0 Å². The lowest BCUT2D eigenvalue weighted by molar-refractivity contribution is -0.142. The number of imidazole rings is 1. The van der Waals surface area contributed by atoms with Crippen molar-refractivity contribution < 1.29 is 14.7 Å². The van der Waals surface area contributed by atoms with Crippen LogP contribution in [0.25, 0.3) is 5.69 Å². The Hall–Kier alpha value is -3.41. The van der Waals surface area contributed by atoms with Crippen LogP contribution in [0.2, 0.25) is 0 Å². The van der Waals surface area contributed by atoms with Gasteiger partial charge in [0.2, 0.25) is 0 Å². The van der Waals surface area contributed by atoms with Crippen LogP contribution >= 0.6 is 0 Å². The number of rotatable bonds is 3. The van der Waals surface area contributed by atoms with Crippen LogP contribution in [0.1, 0.15) is 21.5 Å². The third-order valence-corrected chi connectivity index (χ3v) is 4.71. The number of fused-ring (bicyclic) bond motifs is 1. The largest absolute Gasteiger partial charge is 0.480 e. The number of carboxylic acids is 1. The fourth-order valence-electron chi connectivity index (χ4n) is 3.31. The zero-order valence-corrected chi connectivity index (χ0v) is 13.9. The minimum atomic E-state index is -0.983. The van der Waals surface area contributed by atoms with Gasteiger partial charge in [0.1, 0.15) is 6.04 Å². The number of carbonyl (C=O) groups is 2. The highest BCUT2D eigenvalue weighted by molar-refractivity contribution is 5.97. The van der Waals surface area contributed by atoms with Gasteiger partial charge in [0.05, 0.1) is 6.33 Å². The summed E-state index contributed by atoms with van der Waals surface area (Å²) in [4.78, 5) is 30.1. The van der Waals surface area contributed by atoms with E-state index >= 15 is 0 Å². The number of hydrogen-bond donors (Lipinski definition) is 1. The minimum Gasteiger partial charge on any atom is -0.480 e. The van der Waals surface area contributed by atoms with E-state index in [1.165, 1.54) is 4.90 Å². The van der Waals surface area contributed by atoms with Gasteiger partial charge in [-0.05, 0) is 35.4 Å². The van der Waals surface area contributed by atoms with Gasteiger partial charge < -0.3 is 14.6 Å². The average molecular weight is 347 g/mol. The molecule has 0 saturated carbocycles. The molecule has 0 fully saturated rings. The molecule has 2 heterocycles. The van der Waals surface area contributed by atoms with E-state index in [1.54, 1.807) is 24.7 Å². The van der Waals surface area contributed by atoms with Crippen molar-refractivity contribution in [2.24, 2.45) is 0 Å². The van der Waals surface area contributed by atoms with Gasteiger partial charge in [0.25, 0.3) is 5.91 Å². The highest BCUT2D eigenvalue weighted by atomic mass is 16.4. The van der Waals surface area contributed by atoms with Crippen molar-refractivity contribution in [3.63, 3.8) is 0 Å². The summed E-state index contributed by atoms with van der Waals surface area (Å²) in [6.45, 7) is 0.301. The van der Waals surface area contributed by atoms with Gasteiger partial charge in [0, 0.05) is 36.6 Å². The molecular formula is C20H17N3O3. The van der Waals surface area contributed by atoms with Crippen LogP contribution in [0.3, 0.4) is 0 Å². The molecule has 0 aliphatic carbocycles. The number of amides is 1. The number of carbonyl (C=O) groups excluding carboxylic acids is 1. The monoisotopic (exact) mass is 347 g/mol. The summed E-state index contributed by atoms with van der Waals surface area (Å²) in [5.41, 5.74) is 3.34. The first-order chi connectivity index (χ1) is 12.6. The molecule has 26 heavy (non-hydrogen) atoms. The lowest BCUT2D eigenvalue weighted by Gasteiger charge is -2.34. The SMILES string of the molecule is O=C(O)C1Cc2ccccc2CN1C(=O)c1ccc(-n2ccnc2)cc1. The normalized spacial score (nSPS) is 16.2. The summed E-state index contributed by atoms with van der Waals surface area (Å²) >= 11 is 0. The molecule has 1 unspecified atom stereocenters. The van der Waals surface area contributed by atoms with Gasteiger partial charge in [-0.15, -0.1) is 0 Å². The standard InChI is InChI=1S/C20H17N3O3/c24-19(14-5-7-17(8-6-14)22-10-9-21-13-22)23-12-16-4-2-1-3-15(16)11-18(23)20(25)26/h1-10,13,18H,11-12H2,(H,25,26). The fourth-order valence-corrected chi connectivity index (χ4v) is 3.31. The van der Waals surface area contributed by atoms with Crippen LogP contribution in [-0.2, 0) is 17.8 Å². The van der Waals surface area contributed by atoms with E-state index in [2.05, 4.69) is 4.98 Å². The number of benzene rings is 2. The van der Waals surface area contributed by atoms with Crippen LogP contribution in [0.4, 0.5) is 0 Å². The van der Waals surface area contributed by atoms with E-state index in [-0.39, 0.29) is 5.91 Å². The zero-order chi connectivity index (χ0) is 18.1. The number of nitrogens with zero attached hydrogens (tertiary/aromatic N) is 3. The van der Waals surface area contributed by atoms with Crippen molar-refractivity contribution in [3.05, 3.63) is 83.9 Å². The molecule has 0 spiro atoms. The first-order valence-electron chi connectivity index (χ1n) is 8.32. The number of aromatic nitrogens is 2. The van der Waals surface area contributed by atoms with E-state index in [0.717, 1.165) is 16.8 Å². The van der Waals surface area contributed by atoms with E-state index in [4.69, 9.17) is 0 Å². The maximum Gasteiger partial charge on any atom is 0.326 e. The number of carboxylic acid groups (broad SMARTS) is 1. The van der Waals surface area contributed by atoms with Gasteiger partial charge >= 0.3 is 5.97 Å². The van der Waals surface area contributed by atoms with E-state index in [0.29, 0.717) is 18.5 Å². The second kappa shape index (κ2) is 6.48. The summed E-state index contributed by atoms with van der Waals surface area (Å²) in [5, 5.41) is 9.59. The van der Waals surface area contributed by atoms with Gasteiger partial charge in [0.15, 0.2) is 0 Å². The molecule has 6 nitrogen and oxygen atoms in total. The van der Waals surface area contributed by atoms with Crippen LogP contribution in [0, 0.1) is 0 Å². The molecule has 6 heteroatoms. The molecule has 1 aliphatic heterocycles. The summed E-state index contributed by atoms with van der Waals surface area (Å²) < 4.78 is 1.84. The van der Waals surface area contributed by atoms with Crippen LogP contribution in [0.5, 0.6) is 0 Å². The summed E-state index contributed by atoms with van der Waals surface area (Å²) in [6, 6.07) is 13.9. The van der Waals surface area contributed by atoms with Gasteiger partial charge in [-0.25, -0.2) is 9.78 Å². The molecule has 2 aromatic carbocycles. The van der Waals surface area contributed by atoms with Gasteiger partial charge in [-0.1, -0.05) is 24.3 Å². The van der Waals surface area contributed by atoms with Crippen molar-refractivity contribution in [2.75, 3.05) is 0 Å². The van der Waals surface area contributed by atoms with Crippen LogP contribution in [0.15, 0.2) is 67.3 Å². The minimum absolute atomic E-state index is 0.274. The molecule has 1 aliphatic rings. The Morgan fingerprint density at radius 1 is 1.04 bits per heavy atom. The topological polar surface area (TPSA) is 75.4 Å². The Bertz CT molecular complexity index is 949. The maximum atomic E-state index is 13.0. The summed E-state index contributed by atoms with van der Waals surface area (Å²) in [5.74, 6) is -1.26. The van der Waals surface area contributed by atoms with E-state index in [1.807, 2.05) is 47.2 Å². The fraction of sp³-hybridized carbons (Fsp3) is 0.150. The second-order valence-electron chi connectivity index (χ2n) is 6.28. The summed E-state index contributed by atoms with van der Waals surface area (Å²) in [7, 11) is 0. The number of hydrogen-bond acceptors (Lipinski definition) is 3. The smallest absolute Gasteiger partial charge is 0.326 e. The van der Waals surface area contributed by atoms with Crippen LogP contribution < -0.4 is 0 Å². The molecule has 0 bridgehead atoms. The van der Waals surface area contributed by atoms with Crippen LogP contribution in [-0.4, -0.2) is 37.5 Å². The summed E-state index contributed by atoms with van der Waals surface area (Å²) in [6.07, 6.45) is 5.50. The Morgan fingerprint density at radius 2 is 1.77 bits per heavy atom. The van der Waals surface area contributed by atoms with Crippen molar-refractivity contribution in [1.82, 2.24) is 14.5 Å². The predicted octanol–water partition coefficient (Wildman–Crippen LogP) is 2.52. The zero-order valence-electron chi connectivity index (χ0n) is 13.9. The molecule has 3 aromatic rings. The Kier molecular flexibility index (Phi) is 4.01. The molecule has 4 rings (SSSR count). The predicted molar refractivity (Wildman–Crippen MR) is 95.0 cm³/mol. The van der Waals surface area contributed by atoms with Crippen molar-refractivity contribution >= 4 is 11.9 Å². The molecule has 1 aromatic heterocycles. The maximum absolute atomic E-state index is 13.0. The molecule has 0 saturated heterocycles.